The number of alkyl halides is 3. The van der Waals surface area contributed by atoms with E-state index >= 15 is 0 Å². The summed E-state index contributed by atoms with van der Waals surface area (Å²) in [6.07, 6.45) is 9.74. The van der Waals surface area contributed by atoms with Crippen molar-refractivity contribution in [2.45, 2.75) is 171 Å². The lowest BCUT2D eigenvalue weighted by molar-refractivity contribution is -0.203. The molecule has 0 aromatic heterocycles. The first-order chi connectivity index (χ1) is 26.8. The molecule has 4 aliphatic rings. The average Bonchev–Trinajstić information content (AvgIpc) is 3.51. The van der Waals surface area contributed by atoms with Crippen LogP contribution < -0.4 is 9.47 Å². The number of carbonyl (C=O) groups excluding carboxylic acids is 4. The number of likely N-dealkylation sites (tertiary alicyclic amines) is 1. The molecule has 0 radical (unpaired) electrons. The van der Waals surface area contributed by atoms with Crippen LogP contribution in [0.5, 0.6) is 11.5 Å². The molecule has 2 bridgehead atoms. The van der Waals surface area contributed by atoms with Gasteiger partial charge < -0.3 is 33.7 Å². The Bertz CT molecular complexity index is 1600. The Labute approximate surface area is 327 Å². The zero-order chi connectivity index (χ0) is 40.5. The molecule has 312 valence electrons. The lowest BCUT2D eigenvalue weighted by Crippen LogP contribution is -2.74. The molecule has 5 rings (SSSR count). The molecule has 2 aliphatic heterocycles. The van der Waals surface area contributed by atoms with Crippen LogP contribution in [0.15, 0.2) is 24.0 Å². The van der Waals surface area contributed by atoms with E-state index in [-0.39, 0.29) is 24.6 Å². The molecule has 2 heterocycles. The Morgan fingerprint density at radius 1 is 0.929 bits per heavy atom. The Morgan fingerprint density at radius 2 is 1.54 bits per heavy atom. The predicted molar refractivity (Wildman–Crippen MR) is 199 cm³/mol. The lowest BCUT2D eigenvalue weighted by atomic mass is 9.50. The van der Waals surface area contributed by atoms with E-state index in [1.54, 1.807) is 6.07 Å². The van der Waals surface area contributed by atoms with Gasteiger partial charge in [0.25, 0.3) is 0 Å². The van der Waals surface area contributed by atoms with Gasteiger partial charge in [-0.05, 0) is 50.6 Å². The number of methoxy groups -OCH3 is 1. The van der Waals surface area contributed by atoms with Gasteiger partial charge in [0.1, 0.15) is 5.76 Å². The van der Waals surface area contributed by atoms with Crippen LogP contribution in [0.3, 0.4) is 0 Å². The second-order valence-electron chi connectivity index (χ2n) is 15.8. The number of aliphatic hydroxyl groups is 1. The topological polar surface area (TPSA) is 138 Å². The van der Waals surface area contributed by atoms with Crippen molar-refractivity contribution >= 4 is 23.9 Å². The molecule has 1 aromatic rings. The van der Waals surface area contributed by atoms with E-state index in [1.165, 1.54) is 71.0 Å². The minimum atomic E-state index is -5.46. The van der Waals surface area contributed by atoms with Crippen molar-refractivity contribution in [3.05, 3.63) is 35.1 Å². The number of unbranched alkanes of at least 4 members (excludes halogenated alkanes) is 14. The highest BCUT2D eigenvalue weighted by Gasteiger charge is 2.72. The third kappa shape index (κ3) is 9.54. The van der Waals surface area contributed by atoms with Crippen LogP contribution in [0.4, 0.5) is 13.2 Å². The molecule has 56 heavy (non-hydrogen) atoms. The fourth-order valence-corrected chi connectivity index (χ4v) is 9.16. The van der Waals surface area contributed by atoms with E-state index in [2.05, 4.69) is 16.6 Å². The third-order valence-electron chi connectivity index (χ3n) is 12.1. The maximum Gasteiger partial charge on any atom is 0.491 e. The maximum atomic E-state index is 13.7. The molecule has 1 fully saturated rings. The quantitative estimate of drug-likeness (QED) is 0.0535. The smallest absolute Gasteiger partial charge is 0.491 e. The van der Waals surface area contributed by atoms with E-state index in [4.69, 9.17) is 18.9 Å². The first-order valence-electron chi connectivity index (χ1n) is 20.5. The summed E-state index contributed by atoms with van der Waals surface area (Å²) >= 11 is 0. The number of likely N-dealkylation sites (N-methyl/N-ethyl adjacent to an activating group) is 1. The lowest BCUT2D eigenvalue weighted by Gasteiger charge is -2.61. The first kappa shape index (κ1) is 43.5. The fourth-order valence-electron chi connectivity index (χ4n) is 9.16. The number of carbonyl (C=O) groups is 4. The Kier molecular flexibility index (Phi) is 14.9. The van der Waals surface area contributed by atoms with Gasteiger partial charge in [0.05, 0.1) is 24.5 Å². The summed E-state index contributed by atoms with van der Waals surface area (Å²) in [6, 6.07) is 3.43. The SMILES string of the molecule is CCCCCCCCCCCCCCCCCC(=O)O[C@@H](CC(=O)OC(=O)C(F)(F)F)C(=O)OC1=CC[C@@]2(O)[C@H]3Cc4ccc(OC)c5c4[C@@]2(CCN3C)[C@H]1O5. The highest BCUT2D eigenvalue weighted by atomic mass is 19.4. The van der Waals surface area contributed by atoms with Crippen molar-refractivity contribution in [1.29, 1.82) is 0 Å². The van der Waals surface area contributed by atoms with Gasteiger partial charge in [-0.15, -0.1) is 0 Å². The molecular formula is C42H58F3NO10. The first-order valence-corrected chi connectivity index (χ1v) is 20.5. The van der Waals surface area contributed by atoms with Crippen LogP contribution in [0.1, 0.15) is 140 Å². The highest BCUT2D eigenvalue weighted by molar-refractivity contribution is 5.91. The molecule has 5 atom stereocenters. The number of rotatable bonds is 22. The van der Waals surface area contributed by atoms with Gasteiger partial charge >= 0.3 is 30.1 Å². The normalized spacial score (nSPS) is 24.0. The minimum absolute atomic E-state index is 0.00252. The zero-order valence-electron chi connectivity index (χ0n) is 33.0. The van der Waals surface area contributed by atoms with Crippen molar-refractivity contribution in [2.24, 2.45) is 0 Å². The van der Waals surface area contributed by atoms with Gasteiger partial charge in [0.2, 0.25) is 6.10 Å². The number of halogens is 3. The number of esters is 4. The van der Waals surface area contributed by atoms with E-state index in [0.29, 0.717) is 37.3 Å². The highest BCUT2D eigenvalue weighted by Crippen LogP contribution is 2.65. The van der Waals surface area contributed by atoms with Gasteiger partial charge in [0.15, 0.2) is 17.6 Å². The molecule has 1 aromatic carbocycles. The van der Waals surface area contributed by atoms with Crippen molar-refractivity contribution in [3.8, 4) is 11.5 Å². The molecule has 0 unspecified atom stereocenters. The Hall–Kier alpha value is -3.65. The molecule has 0 saturated carbocycles. The van der Waals surface area contributed by atoms with Gasteiger partial charge in [0, 0.05) is 24.4 Å². The number of nitrogens with zero attached hydrogens (tertiary/aromatic N) is 1. The molecule has 1 N–H and O–H groups in total. The van der Waals surface area contributed by atoms with Crippen LogP contribution in [-0.2, 0) is 45.2 Å². The van der Waals surface area contributed by atoms with Crippen LogP contribution in [0.25, 0.3) is 0 Å². The number of benzene rings is 1. The number of piperidine rings is 1. The second-order valence-corrected chi connectivity index (χ2v) is 15.8. The van der Waals surface area contributed by atoms with Gasteiger partial charge in [-0.25, -0.2) is 9.59 Å². The summed E-state index contributed by atoms with van der Waals surface area (Å²) in [5.74, 6) is -5.75. The molecule has 14 heteroatoms. The summed E-state index contributed by atoms with van der Waals surface area (Å²) < 4.78 is 65.7. The van der Waals surface area contributed by atoms with E-state index in [1.807, 2.05) is 13.1 Å². The fraction of sp³-hybridized carbons (Fsp3) is 0.714. The molecule has 0 amide bonds. The standard InChI is InChI=1S/C42H58F3NO10/c1-4-5-6-7-8-9-10-11-12-13-14-15-16-17-18-19-33(47)53-31(27-34(48)55-39(50)42(43,44)45)38(49)54-30-22-23-41(51)32-26-28-20-21-29(52-3)36-35(28)40(41,37(30)56-36)24-25-46(32)2/h20-22,31-32,37,51H,4-19,23-27H2,1-3H3/t31-,32+,37-,40-,41+/m0/s1. The number of ether oxygens (including phenoxy) is 5. The van der Waals surface area contributed by atoms with Gasteiger partial charge in [-0.2, -0.15) is 13.2 Å². The number of hydrogen-bond donors (Lipinski definition) is 1. The van der Waals surface area contributed by atoms with Crippen molar-refractivity contribution < 1.29 is 61.1 Å². The number of hydrogen-bond acceptors (Lipinski definition) is 11. The average molecular weight is 794 g/mol. The molecular weight excluding hydrogens is 735 g/mol. The Morgan fingerprint density at radius 3 is 2.12 bits per heavy atom. The summed E-state index contributed by atoms with van der Waals surface area (Å²) in [5, 5.41) is 12.4. The third-order valence-corrected chi connectivity index (χ3v) is 12.1. The zero-order valence-corrected chi connectivity index (χ0v) is 33.0. The summed E-state index contributed by atoms with van der Waals surface area (Å²) in [5.41, 5.74) is -0.619. The van der Waals surface area contributed by atoms with Crippen molar-refractivity contribution in [2.75, 3.05) is 20.7 Å². The van der Waals surface area contributed by atoms with Crippen LogP contribution in [0.2, 0.25) is 0 Å². The molecule has 11 nitrogen and oxygen atoms in total. The van der Waals surface area contributed by atoms with Crippen LogP contribution >= 0.6 is 0 Å². The predicted octanol–water partition coefficient (Wildman–Crippen LogP) is 7.71. The van der Waals surface area contributed by atoms with Crippen molar-refractivity contribution in [3.63, 3.8) is 0 Å². The molecule has 1 spiro atoms. The summed E-state index contributed by atoms with van der Waals surface area (Å²) in [6.45, 7) is 2.82. The Balaban J connectivity index is 1.17. The minimum Gasteiger partial charge on any atom is -0.493 e. The summed E-state index contributed by atoms with van der Waals surface area (Å²) in [7, 11) is 3.43. The van der Waals surface area contributed by atoms with Crippen LogP contribution in [0, 0.1) is 0 Å². The molecule has 1 saturated heterocycles. The van der Waals surface area contributed by atoms with Crippen molar-refractivity contribution in [1.82, 2.24) is 4.90 Å². The van der Waals surface area contributed by atoms with Crippen LogP contribution in [-0.4, -0.2) is 84.6 Å². The van der Waals surface area contributed by atoms with Gasteiger partial charge in [-0.3, -0.25) is 9.59 Å². The second kappa shape index (κ2) is 19.2. The maximum absolute atomic E-state index is 13.7. The monoisotopic (exact) mass is 793 g/mol. The van der Waals surface area contributed by atoms with E-state index in [9.17, 15) is 37.5 Å². The van der Waals surface area contributed by atoms with Gasteiger partial charge in [-0.1, -0.05) is 103 Å². The van der Waals surface area contributed by atoms with E-state index < -0.39 is 59.7 Å². The summed E-state index contributed by atoms with van der Waals surface area (Å²) in [4.78, 5) is 52.6. The molecule has 2 aliphatic carbocycles. The van der Waals surface area contributed by atoms with E-state index in [0.717, 1.165) is 43.2 Å². The largest absolute Gasteiger partial charge is 0.493 e.